The van der Waals surface area contributed by atoms with Crippen LogP contribution in [-0.4, -0.2) is 13.7 Å². The molecule has 0 atom stereocenters. The molecule has 0 radical (unpaired) electrons. The molecule has 0 spiro atoms. The molecule has 0 bridgehead atoms. The average Bonchev–Trinajstić information content (AvgIpc) is 3.80. The van der Waals surface area contributed by atoms with E-state index in [-0.39, 0.29) is 0 Å². The Bertz CT molecular complexity index is 3070. The number of hydrogen-bond acceptors (Lipinski definition) is 2. The molecule has 10 aromatic rings. The number of fused-ring (bicyclic) bond motifs is 10. The second-order valence-corrected chi connectivity index (χ2v) is 12.4. The van der Waals surface area contributed by atoms with Crippen LogP contribution >= 0.6 is 0 Å². The lowest BCUT2D eigenvalue weighted by atomic mass is 10.1. The monoisotopic (exact) mass is 623 g/mol. The lowest BCUT2D eigenvalue weighted by Gasteiger charge is -2.14. The third kappa shape index (κ3) is 3.79. The first-order chi connectivity index (χ1) is 24.2. The van der Waals surface area contributed by atoms with Crippen molar-refractivity contribution in [3.63, 3.8) is 0 Å². The van der Waals surface area contributed by atoms with E-state index in [1.54, 1.807) is 0 Å². The predicted octanol–water partition coefficient (Wildman–Crippen LogP) is 10.7. The first kappa shape index (κ1) is 27.1. The molecule has 0 N–H and O–H groups in total. The Hall–Kier alpha value is -7.08. The van der Waals surface area contributed by atoms with Crippen molar-refractivity contribution in [1.82, 2.24) is 13.7 Å². The largest absolute Gasteiger partial charge is 0.309 e. The third-order valence-electron chi connectivity index (χ3n) is 9.84. The van der Waals surface area contributed by atoms with Crippen molar-refractivity contribution in [2.75, 3.05) is 0 Å². The number of para-hydroxylation sites is 4. The van der Waals surface area contributed by atoms with Gasteiger partial charge in [0.05, 0.1) is 56.4 Å². The molecule has 0 unspecified atom stereocenters. The maximum Gasteiger partial charge on any atom is 0.0993 e. The van der Waals surface area contributed by atoms with E-state index in [1.165, 1.54) is 16.2 Å². The van der Waals surface area contributed by atoms with E-state index in [2.05, 4.69) is 135 Å². The number of rotatable bonds is 3. The summed E-state index contributed by atoms with van der Waals surface area (Å²) in [6.07, 6.45) is 0. The molecule has 49 heavy (non-hydrogen) atoms. The minimum atomic E-state index is 0.569. The molecule has 0 saturated carbocycles. The van der Waals surface area contributed by atoms with Gasteiger partial charge in [0.1, 0.15) is 0 Å². The number of benzene rings is 7. The highest BCUT2D eigenvalue weighted by Crippen LogP contribution is 2.43. The topological polar surface area (TPSA) is 62.4 Å². The fraction of sp³-hybridized carbons (Fsp3) is 0. The van der Waals surface area contributed by atoms with Gasteiger partial charge < -0.3 is 13.7 Å². The van der Waals surface area contributed by atoms with Crippen molar-refractivity contribution in [2.24, 2.45) is 0 Å². The molecule has 0 fully saturated rings. The van der Waals surface area contributed by atoms with Crippen LogP contribution in [0.4, 0.5) is 0 Å². The summed E-state index contributed by atoms with van der Waals surface area (Å²) in [6, 6.07) is 57.1. The average molecular weight is 624 g/mol. The predicted molar refractivity (Wildman–Crippen MR) is 199 cm³/mol. The Balaban J connectivity index is 1.31. The standard InChI is InChI=1S/C44H25N5/c45-26-28-18-19-40-36(24-28)33-12-4-7-15-37(33)48(40)31-22-29(27-46)23-32(25-31)49-39-17-9-6-14-35(39)44-42(49)21-20-41-43(44)34-13-5-8-16-38(34)47(41)30-10-2-1-3-11-30/h1-25H. The van der Waals surface area contributed by atoms with Gasteiger partial charge in [0.15, 0.2) is 0 Å². The van der Waals surface area contributed by atoms with Gasteiger partial charge in [0, 0.05) is 49.4 Å². The SMILES string of the molecule is N#Cc1cc(-n2c3ccccc3c3cc(C#N)ccc32)cc(-n2c3ccccc3c3c4c5ccccc5n(-c5ccccc5)c4ccc32)c1. The van der Waals surface area contributed by atoms with E-state index < -0.39 is 0 Å². The molecule has 7 aromatic carbocycles. The number of nitriles is 2. The summed E-state index contributed by atoms with van der Waals surface area (Å²) < 4.78 is 6.85. The minimum absolute atomic E-state index is 0.569. The molecule has 0 aliphatic rings. The molecule has 5 nitrogen and oxygen atoms in total. The van der Waals surface area contributed by atoms with Crippen molar-refractivity contribution in [3.05, 3.63) is 163 Å². The van der Waals surface area contributed by atoms with Crippen molar-refractivity contribution in [3.8, 4) is 29.2 Å². The Labute approximate surface area is 280 Å². The molecule has 226 valence electrons. The molecule has 0 aliphatic heterocycles. The highest BCUT2D eigenvalue weighted by Gasteiger charge is 2.21. The third-order valence-corrected chi connectivity index (χ3v) is 9.84. The number of hydrogen-bond donors (Lipinski definition) is 0. The summed E-state index contributed by atoms with van der Waals surface area (Å²) >= 11 is 0. The maximum absolute atomic E-state index is 10.4. The van der Waals surface area contributed by atoms with Crippen molar-refractivity contribution in [2.45, 2.75) is 0 Å². The van der Waals surface area contributed by atoms with Gasteiger partial charge in [-0.25, -0.2) is 0 Å². The molecule has 3 heterocycles. The van der Waals surface area contributed by atoms with Crippen LogP contribution in [0.1, 0.15) is 11.1 Å². The van der Waals surface area contributed by atoms with E-state index in [9.17, 15) is 10.5 Å². The van der Waals surface area contributed by atoms with Gasteiger partial charge in [-0.1, -0.05) is 72.8 Å². The summed E-state index contributed by atoms with van der Waals surface area (Å²) in [4.78, 5) is 0. The summed E-state index contributed by atoms with van der Waals surface area (Å²) in [5, 5.41) is 26.8. The van der Waals surface area contributed by atoms with Crippen LogP contribution in [0.3, 0.4) is 0 Å². The highest BCUT2D eigenvalue weighted by atomic mass is 15.0. The summed E-state index contributed by atoms with van der Waals surface area (Å²) in [5.41, 5.74) is 10.6. The fourth-order valence-corrected chi connectivity index (χ4v) is 7.89. The molecular weight excluding hydrogens is 599 g/mol. The van der Waals surface area contributed by atoms with Gasteiger partial charge >= 0.3 is 0 Å². The van der Waals surface area contributed by atoms with Crippen LogP contribution in [0.5, 0.6) is 0 Å². The van der Waals surface area contributed by atoms with Gasteiger partial charge in [0.25, 0.3) is 0 Å². The number of nitrogens with zero attached hydrogens (tertiary/aromatic N) is 5. The number of aromatic nitrogens is 3. The van der Waals surface area contributed by atoms with Gasteiger partial charge in [-0.05, 0) is 78.9 Å². The van der Waals surface area contributed by atoms with Crippen LogP contribution < -0.4 is 0 Å². The van der Waals surface area contributed by atoms with Gasteiger partial charge in [-0.3, -0.25) is 0 Å². The van der Waals surface area contributed by atoms with Gasteiger partial charge in [-0.15, -0.1) is 0 Å². The molecule has 3 aromatic heterocycles. The zero-order valence-corrected chi connectivity index (χ0v) is 26.2. The van der Waals surface area contributed by atoms with Crippen molar-refractivity contribution in [1.29, 1.82) is 10.5 Å². The zero-order chi connectivity index (χ0) is 32.6. The second kappa shape index (κ2) is 10.2. The zero-order valence-electron chi connectivity index (χ0n) is 26.2. The Morgan fingerprint density at radius 2 is 0.776 bits per heavy atom. The smallest absolute Gasteiger partial charge is 0.0993 e. The normalized spacial score (nSPS) is 11.6. The van der Waals surface area contributed by atoms with Crippen LogP contribution in [0.2, 0.25) is 0 Å². The molecule has 0 aliphatic carbocycles. The van der Waals surface area contributed by atoms with Crippen molar-refractivity contribution < 1.29 is 0 Å². The van der Waals surface area contributed by atoms with E-state index >= 15 is 0 Å². The molecular formula is C44H25N5. The molecule has 5 heteroatoms. The first-order valence-electron chi connectivity index (χ1n) is 16.2. The molecule has 10 rings (SSSR count). The maximum atomic E-state index is 10.4. The Morgan fingerprint density at radius 1 is 0.327 bits per heavy atom. The minimum Gasteiger partial charge on any atom is -0.309 e. The summed E-state index contributed by atoms with van der Waals surface area (Å²) in [5.74, 6) is 0. The van der Waals surface area contributed by atoms with E-state index in [4.69, 9.17) is 0 Å². The van der Waals surface area contributed by atoms with Gasteiger partial charge in [0.2, 0.25) is 0 Å². The van der Waals surface area contributed by atoms with E-state index in [0.29, 0.717) is 11.1 Å². The van der Waals surface area contributed by atoms with E-state index in [1.807, 2.05) is 42.5 Å². The lowest BCUT2D eigenvalue weighted by Crippen LogP contribution is -2.00. The quantitative estimate of drug-likeness (QED) is 0.197. The van der Waals surface area contributed by atoms with Crippen LogP contribution in [0.15, 0.2) is 152 Å². The second-order valence-electron chi connectivity index (χ2n) is 12.4. The first-order valence-corrected chi connectivity index (χ1v) is 16.2. The van der Waals surface area contributed by atoms with Crippen LogP contribution in [0, 0.1) is 22.7 Å². The fourth-order valence-electron chi connectivity index (χ4n) is 7.89. The van der Waals surface area contributed by atoms with Gasteiger partial charge in [-0.2, -0.15) is 10.5 Å². The summed E-state index contributed by atoms with van der Waals surface area (Å²) in [6.45, 7) is 0. The van der Waals surface area contributed by atoms with Crippen LogP contribution in [-0.2, 0) is 0 Å². The van der Waals surface area contributed by atoms with Crippen molar-refractivity contribution >= 4 is 65.4 Å². The Kier molecular flexibility index (Phi) is 5.64. The molecule has 0 saturated heterocycles. The Morgan fingerprint density at radius 3 is 1.37 bits per heavy atom. The molecule has 0 amide bonds. The summed E-state index contributed by atoms with van der Waals surface area (Å²) in [7, 11) is 0. The van der Waals surface area contributed by atoms with Crippen LogP contribution in [0.25, 0.3) is 82.5 Å². The highest BCUT2D eigenvalue weighted by molar-refractivity contribution is 6.29. The van der Waals surface area contributed by atoms with E-state index in [0.717, 1.165) is 66.3 Å². The lowest BCUT2D eigenvalue weighted by molar-refractivity contribution is 1.13.